The first-order valence-electron chi connectivity index (χ1n) is 7.48. The molecular formula is C22H18Fe. The molecule has 0 saturated heterocycles. The molecule has 0 spiro atoms. The molecule has 0 aliphatic rings. The molecule has 0 radical (unpaired) electrons. The van der Waals surface area contributed by atoms with Crippen molar-refractivity contribution in [3.8, 4) is 22.3 Å². The molecule has 4 aromatic rings. The van der Waals surface area contributed by atoms with Crippen molar-refractivity contribution in [2.75, 3.05) is 0 Å². The second-order valence-corrected chi connectivity index (χ2v) is 5.05. The Balaban J connectivity index is 0.000000276. The third-order valence-corrected chi connectivity index (χ3v) is 3.54. The third kappa shape index (κ3) is 4.56. The first-order chi connectivity index (χ1) is 10.9. The Morgan fingerprint density at radius 3 is 1.83 bits per heavy atom. The monoisotopic (exact) mass is 338 g/mol. The number of hydrogen-bond donors (Lipinski definition) is 0. The van der Waals surface area contributed by atoms with Gasteiger partial charge in [-0.3, -0.25) is 0 Å². The standard InChI is InChI=1S/C17H13.C5H5.Fe/c1-2-8-14(9-3-1)16-12-6-7-13-17(16)15-10-4-5-11-15;1-2-4-5-3-1;/h1-13H;1-5H;/q2*-1;+2. The molecule has 23 heavy (non-hydrogen) atoms. The van der Waals surface area contributed by atoms with Crippen LogP contribution in [0.5, 0.6) is 0 Å². The van der Waals surface area contributed by atoms with Crippen molar-refractivity contribution in [3.63, 3.8) is 0 Å². The van der Waals surface area contributed by atoms with Gasteiger partial charge >= 0.3 is 17.1 Å². The van der Waals surface area contributed by atoms with E-state index in [4.69, 9.17) is 0 Å². The molecule has 0 unspecified atom stereocenters. The van der Waals surface area contributed by atoms with E-state index >= 15 is 0 Å². The van der Waals surface area contributed by atoms with Crippen LogP contribution in [0, 0.1) is 0 Å². The van der Waals surface area contributed by atoms with Crippen LogP contribution in [0.25, 0.3) is 22.3 Å². The fraction of sp³-hybridized carbons (Fsp3) is 0. The molecule has 4 rings (SSSR count). The van der Waals surface area contributed by atoms with E-state index < -0.39 is 0 Å². The van der Waals surface area contributed by atoms with E-state index in [2.05, 4.69) is 78.9 Å². The van der Waals surface area contributed by atoms with Crippen molar-refractivity contribution in [1.82, 2.24) is 0 Å². The first-order valence-corrected chi connectivity index (χ1v) is 7.48. The van der Waals surface area contributed by atoms with Crippen LogP contribution in [0.3, 0.4) is 0 Å². The fourth-order valence-electron chi connectivity index (χ4n) is 2.48. The van der Waals surface area contributed by atoms with Crippen molar-refractivity contribution < 1.29 is 17.1 Å². The van der Waals surface area contributed by atoms with E-state index in [1.54, 1.807) is 0 Å². The number of benzene rings is 2. The molecule has 0 atom stereocenters. The predicted molar refractivity (Wildman–Crippen MR) is 94.9 cm³/mol. The van der Waals surface area contributed by atoms with Crippen molar-refractivity contribution in [2.24, 2.45) is 0 Å². The zero-order valence-electron chi connectivity index (χ0n) is 12.7. The van der Waals surface area contributed by atoms with Gasteiger partial charge in [-0.1, -0.05) is 65.2 Å². The predicted octanol–water partition coefficient (Wildman–Crippen LogP) is 6.14. The van der Waals surface area contributed by atoms with Crippen molar-refractivity contribution in [3.05, 3.63) is 109 Å². The Morgan fingerprint density at radius 1 is 0.609 bits per heavy atom. The van der Waals surface area contributed by atoms with E-state index in [-0.39, 0.29) is 17.1 Å². The van der Waals surface area contributed by atoms with E-state index in [1.165, 1.54) is 22.3 Å². The smallest absolute Gasteiger partial charge is 0.214 e. The van der Waals surface area contributed by atoms with Gasteiger partial charge < -0.3 is 0 Å². The minimum Gasteiger partial charge on any atom is -0.214 e. The SMILES string of the molecule is [Fe+2].c1cc[cH-]c1.c1ccc(-c2ccccc2-[c-]2cccc2)cc1. The molecule has 0 aliphatic heterocycles. The summed E-state index contributed by atoms with van der Waals surface area (Å²) in [5, 5.41) is 0. The summed E-state index contributed by atoms with van der Waals surface area (Å²) in [6.07, 6.45) is 0. The quantitative estimate of drug-likeness (QED) is 0.304. The Labute approximate surface area is 148 Å². The van der Waals surface area contributed by atoms with Gasteiger partial charge in [0.1, 0.15) is 0 Å². The van der Waals surface area contributed by atoms with Crippen LogP contribution in [0.1, 0.15) is 0 Å². The fourth-order valence-corrected chi connectivity index (χ4v) is 2.48. The van der Waals surface area contributed by atoms with Gasteiger partial charge in [-0.15, -0.1) is 23.8 Å². The topological polar surface area (TPSA) is 0 Å². The number of rotatable bonds is 2. The van der Waals surface area contributed by atoms with Gasteiger partial charge in [0.25, 0.3) is 0 Å². The molecule has 0 amide bonds. The maximum Gasteiger partial charge on any atom is 2.00 e. The molecular weight excluding hydrogens is 320 g/mol. The number of hydrogen-bond acceptors (Lipinski definition) is 0. The van der Waals surface area contributed by atoms with Crippen LogP contribution in [0.15, 0.2) is 109 Å². The van der Waals surface area contributed by atoms with Crippen LogP contribution in [-0.2, 0) is 17.1 Å². The second kappa shape index (κ2) is 8.95. The van der Waals surface area contributed by atoms with Crippen LogP contribution < -0.4 is 0 Å². The molecule has 0 aliphatic carbocycles. The van der Waals surface area contributed by atoms with Crippen molar-refractivity contribution in [1.29, 1.82) is 0 Å². The molecule has 0 aromatic heterocycles. The first kappa shape index (κ1) is 17.0. The van der Waals surface area contributed by atoms with Gasteiger partial charge in [0.2, 0.25) is 0 Å². The zero-order valence-corrected chi connectivity index (χ0v) is 13.9. The van der Waals surface area contributed by atoms with Crippen molar-refractivity contribution in [2.45, 2.75) is 0 Å². The van der Waals surface area contributed by atoms with E-state index in [9.17, 15) is 0 Å². The van der Waals surface area contributed by atoms with Crippen LogP contribution >= 0.6 is 0 Å². The summed E-state index contributed by atoms with van der Waals surface area (Å²) >= 11 is 0. The molecule has 0 saturated carbocycles. The third-order valence-electron chi connectivity index (χ3n) is 3.54. The van der Waals surface area contributed by atoms with Crippen LogP contribution in [0.2, 0.25) is 0 Å². The van der Waals surface area contributed by atoms with E-state index in [0.29, 0.717) is 0 Å². The molecule has 114 valence electrons. The maximum atomic E-state index is 2.18. The summed E-state index contributed by atoms with van der Waals surface area (Å²) in [5.41, 5.74) is 5.14. The maximum absolute atomic E-state index is 2.18. The molecule has 4 aromatic carbocycles. The van der Waals surface area contributed by atoms with Gasteiger partial charge in [0.05, 0.1) is 0 Å². The van der Waals surface area contributed by atoms with Crippen LogP contribution in [0.4, 0.5) is 0 Å². The van der Waals surface area contributed by atoms with Gasteiger partial charge in [-0.2, -0.15) is 30.3 Å². The largest absolute Gasteiger partial charge is 2.00 e. The molecule has 0 N–H and O–H groups in total. The Hall–Kier alpha value is -2.34. The average molecular weight is 338 g/mol. The summed E-state index contributed by atoms with van der Waals surface area (Å²) in [6, 6.07) is 37.5. The van der Waals surface area contributed by atoms with Gasteiger partial charge in [-0.05, 0) is 0 Å². The minimum absolute atomic E-state index is 0. The molecule has 0 nitrogen and oxygen atoms in total. The Morgan fingerprint density at radius 2 is 1.22 bits per heavy atom. The summed E-state index contributed by atoms with van der Waals surface area (Å²) in [6.45, 7) is 0. The zero-order chi connectivity index (χ0) is 15.0. The van der Waals surface area contributed by atoms with Crippen LogP contribution in [-0.4, -0.2) is 0 Å². The normalized spacial score (nSPS) is 9.39. The molecule has 0 heterocycles. The van der Waals surface area contributed by atoms with E-state index in [1.807, 2.05) is 30.3 Å². The molecule has 1 heteroatoms. The molecule has 0 fully saturated rings. The second-order valence-electron chi connectivity index (χ2n) is 5.05. The van der Waals surface area contributed by atoms with Gasteiger partial charge in [0.15, 0.2) is 0 Å². The minimum atomic E-state index is 0. The Kier molecular flexibility index (Phi) is 6.62. The van der Waals surface area contributed by atoms with Gasteiger partial charge in [-0.25, -0.2) is 12.1 Å². The summed E-state index contributed by atoms with van der Waals surface area (Å²) in [7, 11) is 0. The average Bonchev–Trinajstić information content (AvgIpc) is 3.32. The van der Waals surface area contributed by atoms with Crippen molar-refractivity contribution >= 4 is 0 Å². The summed E-state index contributed by atoms with van der Waals surface area (Å²) < 4.78 is 0. The van der Waals surface area contributed by atoms with Gasteiger partial charge in [0, 0.05) is 0 Å². The summed E-state index contributed by atoms with van der Waals surface area (Å²) in [5.74, 6) is 0. The Bertz CT molecular complexity index is 749. The molecule has 0 bridgehead atoms. The van der Waals surface area contributed by atoms with E-state index in [0.717, 1.165) is 0 Å². The summed E-state index contributed by atoms with van der Waals surface area (Å²) in [4.78, 5) is 0.